The third-order valence-corrected chi connectivity index (χ3v) is 3.34. The van der Waals surface area contributed by atoms with E-state index in [9.17, 15) is 31.5 Å². The first-order valence-corrected chi connectivity index (χ1v) is 8.21. The zero-order valence-corrected chi connectivity index (χ0v) is 13.0. The van der Waals surface area contributed by atoms with Gasteiger partial charge in [0.25, 0.3) is 5.91 Å². The van der Waals surface area contributed by atoms with Gasteiger partial charge in [-0.1, -0.05) is 6.92 Å². The molecule has 0 aliphatic carbocycles. The summed E-state index contributed by atoms with van der Waals surface area (Å²) in [4.78, 5) is 13.5. The largest absolute Gasteiger partial charge is 0.416 e. The van der Waals surface area contributed by atoms with Crippen LogP contribution in [0.25, 0.3) is 0 Å². The first-order valence-electron chi connectivity index (χ1n) is 6.32. The van der Waals surface area contributed by atoms with Crippen LogP contribution in [0.5, 0.6) is 0 Å². The molecule has 0 saturated heterocycles. The van der Waals surface area contributed by atoms with Crippen molar-refractivity contribution >= 4 is 21.6 Å². The highest BCUT2D eigenvalue weighted by Crippen LogP contribution is 2.37. The van der Waals surface area contributed by atoms with Crippen molar-refractivity contribution in [3.63, 3.8) is 0 Å². The van der Waals surface area contributed by atoms with E-state index in [0.717, 1.165) is 12.3 Å². The van der Waals surface area contributed by atoms with Gasteiger partial charge in [0.2, 0.25) is 10.0 Å². The molecule has 0 bridgehead atoms. The lowest BCUT2D eigenvalue weighted by Crippen LogP contribution is -2.41. The summed E-state index contributed by atoms with van der Waals surface area (Å²) >= 11 is 0. The molecular weight excluding hydrogens is 339 g/mol. The molecule has 7 nitrogen and oxygen atoms in total. The molecule has 130 valence electrons. The topological polar surface area (TPSA) is 122 Å². The lowest BCUT2D eigenvalue weighted by molar-refractivity contribution is -0.139. The maximum absolute atomic E-state index is 13.0. The van der Waals surface area contributed by atoms with Crippen LogP contribution >= 0.6 is 0 Å². The van der Waals surface area contributed by atoms with Gasteiger partial charge in [0, 0.05) is 5.69 Å². The van der Waals surface area contributed by atoms with Crippen LogP contribution in [0.15, 0.2) is 12.1 Å². The average molecular weight is 355 g/mol. The molecule has 0 saturated carbocycles. The average Bonchev–Trinajstić information content (AvgIpc) is 2.41. The van der Waals surface area contributed by atoms with Crippen LogP contribution in [0.4, 0.5) is 18.9 Å². The number of aliphatic hydroxyl groups excluding tert-OH is 1. The van der Waals surface area contributed by atoms with Crippen molar-refractivity contribution < 1.29 is 31.5 Å². The molecule has 0 aromatic heterocycles. The highest BCUT2D eigenvalue weighted by Gasteiger charge is 2.36. The maximum Gasteiger partial charge on any atom is 0.416 e. The number of alkyl halides is 3. The Bertz CT molecular complexity index is 704. The molecule has 1 unspecified atom stereocenters. The number of hydrogen-bond donors (Lipinski definition) is 4. The monoisotopic (exact) mass is 355 g/mol. The Hall–Kier alpha value is -1.85. The number of anilines is 1. The van der Waals surface area contributed by atoms with Crippen LogP contribution in [-0.4, -0.2) is 25.7 Å². The molecule has 1 rings (SSSR count). The fraction of sp³-hybridized carbons (Fsp3) is 0.417. The molecule has 5 N–H and O–H groups in total. The Kier molecular flexibility index (Phi) is 5.61. The van der Waals surface area contributed by atoms with Crippen molar-refractivity contribution in [2.75, 3.05) is 12.0 Å². The maximum atomic E-state index is 13.0. The number of aliphatic hydroxyl groups is 1. The fourth-order valence-electron chi connectivity index (χ4n) is 1.78. The van der Waals surface area contributed by atoms with Crippen molar-refractivity contribution in [2.24, 2.45) is 0 Å². The van der Waals surface area contributed by atoms with E-state index in [0.29, 0.717) is 6.07 Å². The molecule has 0 spiro atoms. The molecule has 0 radical (unpaired) electrons. The minimum atomic E-state index is -4.76. The lowest BCUT2D eigenvalue weighted by atomic mass is 9.96. The van der Waals surface area contributed by atoms with E-state index in [1.54, 1.807) is 10.3 Å². The number of benzene rings is 1. The number of hydrazine groups is 1. The zero-order valence-electron chi connectivity index (χ0n) is 12.2. The van der Waals surface area contributed by atoms with Crippen LogP contribution < -0.4 is 16.0 Å². The summed E-state index contributed by atoms with van der Waals surface area (Å²) < 4.78 is 60.8. The number of nitrogens with two attached hydrogens (primary N) is 1. The molecule has 23 heavy (non-hydrogen) atoms. The number of nitrogens with one attached hydrogen (secondary N) is 2. The van der Waals surface area contributed by atoms with Crippen LogP contribution in [-0.2, 0) is 16.2 Å². The standard InChI is InChI=1S/C12H16F3N3O4S/c1-3-10(19)6-4-7(11(20)17-18-23(2,21)22)9(16)5-8(6)12(13,14)15/h4-5,10,18-19H,3,16H2,1-2H3,(H,17,20). The Labute approximate surface area is 130 Å². The van der Waals surface area contributed by atoms with Gasteiger partial charge < -0.3 is 10.8 Å². The molecule has 1 atom stereocenters. The summed E-state index contributed by atoms with van der Waals surface area (Å²) in [5.41, 5.74) is 4.69. The van der Waals surface area contributed by atoms with Gasteiger partial charge in [-0.15, -0.1) is 4.83 Å². The van der Waals surface area contributed by atoms with E-state index in [-0.39, 0.29) is 6.42 Å². The van der Waals surface area contributed by atoms with Crippen molar-refractivity contribution in [3.05, 3.63) is 28.8 Å². The van der Waals surface area contributed by atoms with Gasteiger partial charge >= 0.3 is 6.18 Å². The molecule has 0 fully saturated rings. The summed E-state index contributed by atoms with van der Waals surface area (Å²) in [5.74, 6) is -1.05. The van der Waals surface area contributed by atoms with Crippen LogP contribution in [0, 0.1) is 0 Å². The number of rotatable bonds is 5. The number of sulfonamides is 1. The second-order valence-electron chi connectivity index (χ2n) is 4.78. The Morgan fingerprint density at radius 2 is 1.96 bits per heavy atom. The number of halogens is 3. The Morgan fingerprint density at radius 3 is 2.39 bits per heavy atom. The number of hydrogen-bond acceptors (Lipinski definition) is 5. The van der Waals surface area contributed by atoms with Crippen LogP contribution in [0.2, 0.25) is 0 Å². The third-order valence-electron chi connectivity index (χ3n) is 2.87. The highest BCUT2D eigenvalue weighted by molar-refractivity contribution is 7.88. The van der Waals surface area contributed by atoms with Gasteiger partial charge in [-0.05, 0) is 24.1 Å². The van der Waals surface area contributed by atoms with Gasteiger partial charge in [0.15, 0.2) is 0 Å². The molecule has 0 heterocycles. The number of nitrogen functional groups attached to an aromatic ring is 1. The first-order chi connectivity index (χ1) is 10.4. The summed E-state index contributed by atoms with van der Waals surface area (Å²) in [5, 5.41) is 9.75. The Balaban J connectivity index is 3.33. The SMILES string of the molecule is CCC(O)c1cc(C(=O)NNS(C)(=O)=O)c(N)cc1C(F)(F)F. The van der Waals surface area contributed by atoms with Gasteiger partial charge in [-0.3, -0.25) is 10.2 Å². The third kappa shape index (κ3) is 5.08. The van der Waals surface area contributed by atoms with Crippen molar-refractivity contribution in [2.45, 2.75) is 25.6 Å². The lowest BCUT2D eigenvalue weighted by Gasteiger charge is -2.19. The summed E-state index contributed by atoms with van der Waals surface area (Å²) in [6.07, 6.45) is -5.47. The molecule has 0 aliphatic rings. The number of carbonyl (C=O) groups excluding carboxylic acids is 1. The van der Waals surface area contributed by atoms with E-state index >= 15 is 0 Å². The molecule has 1 amide bonds. The predicted molar refractivity (Wildman–Crippen MR) is 76.6 cm³/mol. The molecule has 1 aromatic carbocycles. The first kappa shape index (κ1) is 19.2. The second-order valence-corrected chi connectivity index (χ2v) is 6.53. The Morgan fingerprint density at radius 1 is 1.39 bits per heavy atom. The minimum Gasteiger partial charge on any atom is -0.398 e. The zero-order chi connectivity index (χ0) is 18.0. The fourth-order valence-corrected chi connectivity index (χ4v) is 2.06. The van der Waals surface area contributed by atoms with Gasteiger partial charge in [-0.25, -0.2) is 8.42 Å². The van der Waals surface area contributed by atoms with Crippen molar-refractivity contribution in [3.8, 4) is 0 Å². The van der Waals surface area contributed by atoms with Crippen LogP contribution in [0.3, 0.4) is 0 Å². The van der Waals surface area contributed by atoms with E-state index in [4.69, 9.17) is 5.73 Å². The van der Waals surface area contributed by atoms with Crippen LogP contribution in [0.1, 0.15) is 40.9 Å². The van der Waals surface area contributed by atoms with Gasteiger partial charge in [-0.2, -0.15) is 13.2 Å². The molecule has 11 heteroatoms. The predicted octanol–water partition coefficient (Wildman–Crippen LogP) is 0.925. The number of carbonyl (C=O) groups is 1. The van der Waals surface area contributed by atoms with Crippen molar-refractivity contribution in [1.82, 2.24) is 10.3 Å². The summed E-state index contributed by atoms with van der Waals surface area (Å²) in [6.45, 7) is 1.46. The second kappa shape index (κ2) is 6.72. The summed E-state index contributed by atoms with van der Waals surface area (Å²) in [7, 11) is -3.75. The van der Waals surface area contributed by atoms with E-state index < -0.39 is 50.6 Å². The highest BCUT2D eigenvalue weighted by atomic mass is 32.2. The molecule has 1 aromatic rings. The molecular formula is C12H16F3N3O4S. The quantitative estimate of drug-likeness (QED) is 0.462. The van der Waals surface area contributed by atoms with Gasteiger partial charge in [0.1, 0.15) is 0 Å². The van der Waals surface area contributed by atoms with E-state index in [2.05, 4.69) is 0 Å². The smallest absolute Gasteiger partial charge is 0.398 e. The van der Waals surface area contributed by atoms with Gasteiger partial charge in [0.05, 0.1) is 23.5 Å². The van der Waals surface area contributed by atoms with Crippen molar-refractivity contribution in [1.29, 1.82) is 0 Å². The van der Waals surface area contributed by atoms with E-state index in [1.807, 2.05) is 0 Å². The number of amides is 1. The summed E-state index contributed by atoms with van der Waals surface area (Å²) in [6, 6.07) is 1.33. The minimum absolute atomic E-state index is 0.0182. The molecule has 0 aliphatic heterocycles. The normalized spacial score (nSPS) is 13.7. The van der Waals surface area contributed by atoms with E-state index in [1.165, 1.54) is 6.92 Å².